The summed E-state index contributed by atoms with van der Waals surface area (Å²) in [6, 6.07) is 0.889. The minimum Gasteiger partial charge on any atom is -0.299 e. The molecule has 3 fully saturated rings. The van der Waals surface area contributed by atoms with Gasteiger partial charge in [0.05, 0.1) is 0 Å². The van der Waals surface area contributed by atoms with Crippen LogP contribution >= 0.6 is 0 Å². The van der Waals surface area contributed by atoms with Crippen LogP contribution in [0.3, 0.4) is 0 Å². The van der Waals surface area contributed by atoms with Crippen LogP contribution in [-0.2, 0) is 0 Å². The van der Waals surface area contributed by atoms with Crippen molar-refractivity contribution in [3.05, 3.63) is 0 Å². The summed E-state index contributed by atoms with van der Waals surface area (Å²) in [7, 11) is 0. The molecule has 0 aromatic carbocycles. The number of hydrogen-bond donors (Lipinski definition) is 0. The monoisotopic (exact) mass is 222 g/mol. The average Bonchev–Trinajstić information content (AvgIpc) is 2.84. The number of hydrogen-bond acceptors (Lipinski definition) is 2. The highest BCUT2D eigenvalue weighted by Gasteiger charge is 2.38. The highest BCUT2D eigenvalue weighted by Crippen LogP contribution is 2.36. The first-order valence-corrected chi connectivity index (χ1v) is 7.27. The van der Waals surface area contributed by atoms with E-state index in [9.17, 15) is 0 Å². The molecular weight excluding hydrogens is 196 g/mol. The molecule has 1 aliphatic carbocycles. The molecular formula is C14H26N2. The SMILES string of the molecule is CC1(N2CCCN3CCCC3C2)CCCC1. The van der Waals surface area contributed by atoms with Crippen LogP contribution in [0.1, 0.15) is 51.9 Å². The molecule has 3 rings (SSSR count). The molecule has 2 aliphatic heterocycles. The van der Waals surface area contributed by atoms with Crippen LogP contribution in [0.5, 0.6) is 0 Å². The average molecular weight is 222 g/mol. The Bertz CT molecular complexity index is 245. The first kappa shape index (κ1) is 11.0. The summed E-state index contributed by atoms with van der Waals surface area (Å²) in [5.74, 6) is 0. The third kappa shape index (κ3) is 1.91. The number of fused-ring (bicyclic) bond motifs is 1. The minimum atomic E-state index is 0.554. The predicted molar refractivity (Wildman–Crippen MR) is 67.7 cm³/mol. The molecule has 16 heavy (non-hydrogen) atoms. The van der Waals surface area contributed by atoms with Crippen molar-refractivity contribution in [3.8, 4) is 0 Å². The molecule has 0 aromatic heterocycles. The highest BCUT2D eigenvalue weighted by atomic mass is 15.3. The van der Waals surface area contributed by atoms with E-state index in [0.717, 1.165) is 6.04 Å². The highest BCUT2D eigenvalue weighted by molar-refractivity contribution is 4.95. The van der Waals surface area contributed by atoms with Gasteiger partial charge in [0, 0.05) is 18.1 Å². The van der Waals surface area contributed by atoms with E-state index in [1.54, 1.807) is 0 Å². The lowest BCUT2D eigenvalue weighted by atomic mass is 9.97. The van der Waals surface area contributed by atoms with Crippen molar-refractivity contribution >= 4 is 0 Å². The molecule has 0 spiro atoms. The molecule has 0 amide bonds. The maximum absolute atomic E-state index is 2.84. The maximum atomic E-state index is 2.84. The van der Waals surface area contributed by atoms with Crippen LogP contribution in [-0.4, -0.2) is 47.6 Å². The van der Waals surface area contributed by atoms with Crippen molar-refractivity contribution in [3.63, 3.8) is 0 Å². The molecule has 2 heteroatoms. The maximum Gasteiger partial charge on any atom is 0.0223 e. The molecule has 1 saturated carbocycles. The second-order valence-electron chi connectivity index (χ2n) is 6.34. The Morgan fingerprint density at radius 1 is 0.938 bits per heavy atom. The van der Waals surface area contributed by atoms with Gasteiger partial charge in [0.25, 0.3) is 0 Å². The predicted octanol–water partition coefficient (Wildman–Crippen LogP) is 2.49. The van der Waals surface area contributed by atoms with Crippen molar-refractivity contribution in [2.45, 2.75) is 63.5 Å². The Balaban J connectivity index is 1.70. The minimum absolute atomic E-state index is 0.554. The normalized spacial score (nSPS) is 36.2. The van der Waals surface area contributed by atoms with Gasteiger partial charge < -0.3 is 0 Å². The first-order valence-electron chi connectivity index (χ1n) is 7.27. The Labute approximate surface area is 100.0 Å². The van der Waals surface area contributed by atoms with Crippen LogP contribution in [0, 0.1) is 0 Å². The van der Waals surface area contributed by atoms with Crippen molar-refractivity contribution < 1.29 is 0 Å². The molecule has 2 nitrogen and oxygen atoms in total. The van der Waals surface area contributed by atoms with E-state index in [-0.39, 0.29) is 0 Å². The lowest BCUT2D eigenvalue weighted by molar-refractivity contribution is 0.0983. The first-order chi connectivity index (χ1) is 7.78. The van der Waals surface area contributed by atoms with Gasteiger partial charge >= 0.3 is 0 Å². The molecule has 3 aliphatic rings. The van der Waals surface area contributed by atoms with Gasteiger partial charge in [-0.05, 0) is 58.7 Å². The molecule has 0 bridgehead atoms. The van der Waals surface area contributed by atoms with Gasteiger partial charge in [-0.1, -0.05) is 12.8 Å². The van der Waals surface area contributed by atoms with Gasteiger partial charge in [0.1, 0.15) is 0 Å². The fraction of sp³-hybridized carbons (Fsp3) is 1.00. The fourth-order valence-electron chi connectivity index (χ4n) is 4.15. The van der Waals surface area contributed by atoms with Gasteiger partial charge in [-0.2, -0.15) is 0 Å². The molecule has 2 saturated heterocycles. The summed E-state index contributed by atoms with van der Waals surface area (Å²) in [5, 5.41) is 0. The molecule has 1 unspecified atom stereocenters. The van der Waals surface area contributed by atoms with E-state index in [1.807, 2.05) is 0 Å². The summed E-state index contributed by atoms with van der Waals surface area (Å²) in [6.07, 6.45) is 10.1. The number of nitrogens with zero attached hydrogens (tertiary/aromatic N) is 2. The van der Waals surface area contributed by atoms with Crippen LogP contribution in [0.4, 0.5) is 0 Å². The van der Waals surface area contributed by atoms with Crippen LogP contribution in [0.15, 0.2) is 0 Å². The van der Waals surface area contributed by atoms with Crippen molar-refractivity contribution in [2.24, 2.45) is 0 Å². The van der Waals surface area contributed by atoms with E-state index in [4.69, 9.17) is 0 Å². The van der Waals surface area contributed by atoms with E-state index in [1.165, 1.54) is 71.1 Å². The summed E-state index contributed by atoms with van der Waals surface area (Å²) < 4.78 is 0. The molecule has 0 N–H and O–H groups in total. The van der Waals surface area contributed by atoms with Crippen LogP contribution < -0.4 is 0 Å². The summed E-state index contributed by atoms with van der Waals surface area (Å²) >= 11 is 0. The van der Waals surface area contributed by atoms with E-state index in [0.29, 0.717) is 5.54 Å². The third-order valence-electron chi connectivity index (χ3n) is 5.25. The van der Waals surface area contributed by atoms with E-state index >= 15 is 0 Å². The third-order valence-corrected chi connectivity index (χ3v) is 5.25. The largest absolute Gasteiger partial charge is 0.299 e. The van der Waals surface area contributed by atoms with Gasteiger partial charge in [-0.25, -0.2) is 0 Å². The lowest BCUT2D eigenvalue weighted by Gasteiger charge is -2.39. The Kier molecular flexibility index (Phi) is 2.97. The summed E-state index contributed by atoms with van der Waals surface area (Å²) in [6.45, 7) is 7.96. The number of rotatable bonds is 1. The molecule has 0 radical (unpaired) electrons. The standard InChI is InChI=1S/C14H26N2/c1-14(7-2-3-8-14)16-11-5-10-15-9-4-6-13(15)12-16/h13H,2-12H2,1H3. The van der Waals surface area contributed by atoms with Crippen molar-refractivity contribution in [1.82, 2.24) is 9.80 Å². The van der Waals surface area contributed by atoms with Crippen molar-refractivity contribution in [1.29, 1.82) is 0 Å². The van der Waals surface area contributed by atoms with E-state index in [2.05, 4.69) is 16.7 Å². The Morgan fingerprint density at radius 2 is 1.69 bits per heavy atom. The summed E-state index contributed by atoms with van der Waals surface area (Å²) in [4.78, 5) is 5.59. The van der Waals surface area contributed by atoms with Crippen molar-refractivity contribution in [2.75, 3.05) is 26.2 Å². The summed E-state index contributed by atoms with van der Waals surface area (Å²) in [5.41, 5.74) is 0.554. The molecule has 1 atom stereocenters. The zero-order valence-corrected chi connectivity index (χ0v) is 10.7. The molecule has 2 heterocycles. The van der Waals surface area contributed by atoms with Gasteiger partial charge in [0.2, 0.25) is 0 Å². The Morgan fingerprint density at radius 3 is 2.50 bits per heavy atom. The Hall–Kier alpha value is -0.0800. The van der Waals surface area contributed by atoms with Gasteiger partial charge in [-0.15, -0.1) is 0 Å². The van der Waals surface area contributed by atoms with Crippen LogP contribution in [0.2, 0.25) is 0 Å². The quantitative estimate of drug-likeness (QED) is 0.672. The lowest BCUT2D eigenvalue weighted by Crippen LogP contribution is -2.48. The zero-order chi connectivity index (χ0) is 11.0. The topological polar surface area (TPSA) is 6.48 Å². The van der Waals surface area contributed by atoms with Gasteiger partial charge in [-0.3, -0.25) is 9.80 Å². The second-order valence-corrected chi connectivity index (χ2v) is 6.34. The zero-order valence-electron chi connectivity index (χ0n) is 10.7. The second kappa shape index (κ2) is 4.30. The van der Waals surface area contributed by atoms with Crippen LogP contribution in [0.25, 0.3) is 0 Å². The molecule has 0 aromatic rings. The molecule has 92 valence electrons. The fourth-order valence-corrected chi connectivity index (χ4v) is 4.15. The van der Waals surface area contributed by atoms with E-state index < -0.39 is 0 Å². The smallest absolute Gasteiger partial charge is 0.0223 e. The van der Waals surface area contributed by atoms with Gasteiger partial charge in [0.15, 0.2) is 0 Å².